The van der Waals surface area contributed by atoms with Crippen molar-refractivity contribution in [2.24, 2.45) is 11.1 Å². The van der Waals surface area contributed by atoms with Gasteiger partial charge in [0.2, 0.25) is 0 Å². The van der Waals surface area contributed by atoms with Gasteiger partial charge in [-0.25, -0.2) is 0 Å². The van der Waals surface area contributed by atoms with E-state index in [2.05, 4.69) is 48.6 Å². The summed E-state index contributed by atoms with van der Waals surface area (Å²) in [6, 6.07) is 20.9. The van der Waals surface area contributed by atoms with Crippen LogP contribution in [0.25, 0.3) is 0 Å². The van der Waals surface area contributed by atoms with E-state index < -0.39 is 5.41 Å². The third-order valence-corrected chi connectivity index (χ3v) is 7.41. The maximum Gasteiger partial charge on any atom is 0.316 e. The largest absolute Gasteiger partial charge is 0.497 e. The minimum absolute atomic E-state index is 0.214. The van der Waals surface area contributed by atoms with Gasteiger partial charge in [-0.3, -0.25) is 4.79 Å². The maximum absolute atomic E-state index is 12.4. The molecule has 0 aromatic heterocycles. The Morgan fingerprint density at radius 3 is 2.29 bits per heavy atom. The van der Waals surface area contributed by atoms with E-state index in [9.17, 15) is 4.79 Å². The molecule has 0 spiro atoms. The number of carbonyl (C=O) groups excluding carboxylic acids is 1. The van der Waals surface area contributed by atoms with Crippen LogP contribution in [0.1, 0.15) is 76.1 Å². The summed E-state index contributed by atoms with van der Waals surface area (Å²) < 4.78 is 17.0. The van der Waals surface area contributed by atoms with Crippen molar-refractivity contribution >= 4 is 11.7 Å². The molecule has 1 aliphatic rings. The fraction of sp³-hybridized carbons (Fsp3) is 0.457. The first-order chi connectivity index (χ1) is 19.3. The predicted molar refractivity (Wildman–Crippen MR) is 166 cm³/mol. The normalized spacial score (nSPS) is 16.0. The van der Waals surface area contributed by atoms with Gasteiger partial charge in [-0.1, -0.05) is 24.3 Å². The van der Waals surface area contributed by atoms with Crippen LogP contribution >= 0.6 is 0 Å². The standard InChI is InChI=1S/C35H46N2O4/c1-23(18-24-8-13-28(14-9-24)40-22-35(5,6)36)37-32-21-29(39-7)16-17-31(32)27-11-10-26-20-30(15-12-25(26)19-27)41-33(38)34(2,3)4/h8-9,12-17,20-21,23,27,37H,10-11,18-19,22,36H2,1-7H3. The van der Waals surface area contributed by atoms with Crippen LogP contribution in [0.15, 0.2) is 60.7 Å². The van der Waals surface area contributed by atoms with Crippen molar-refractivity contribution in [1.29, 1.82) is 0 Å². The highest BCUT2D eigenvalue weighted by Gasteiger charge is 2.26. The minimum Gasteiger partial charge on any atom is -0.497 e. The highest BCUT2D eigenvalue weighted by atomic mass is 16.5. The van der Waals surface area contributed by atoms with Gasteiger partial charge in [0.05, 0.1) is 12.5 Å². The first kappa shape index (κ1) is 30.4. The minimum atomic E-state index is -0.532. The first-order valence-electron chi connectivity index (χ1n) is 14.6. The summed E-state index contributed by atoms with van der Waals surface area (Å²) in [5.74, 6) is 2.48. The smallest absolute Gasteiger partial charge is 0.316 e. The van der Waals surface area contributed by atoms with E-state index in [1.54, 1.807) is 7.11 Å². The Balaban J connectivity index is 1.44. The van der Waals surface area contributed by atoms with Crippen LogP contribution in [0, 0.1) is 5.41 Å². The molecule has 0 bridgehead atoms. The molecule has 3 N–H and O–H groups in total. The van der Waals surface area contributed by atoms with Crippen molar-refractivity contribution < 1.29 is 19.0 Å². The van der Waals surface area contributed by atoms with Crippen molar-refractivity contribution in [3.8, 4) is 17.2 Å². The molecule has 0 heterocycles. The molecule has 3 aromatic carbocycles. The molecule has 1 aliphatic carbocycles. The average molecular weight is 559 g/mol. The summed E-state index contributed by atoms with van der Waals surface area (Å²) in [4.78, 5) is 12.4. The molecule has 2 unspecified atom stereocenters. The molecular formula is C35H46N2O4. The number of ether oxygens (including phenoxy) is 3. The molecule has 6 heteroatoms. The van der Waals surface area contributed by atoms with Crippen LogP contribution in [0.5, 0.6) is 17.2 Å². The number of benzene rings is 3. The number of methoxy groups -OCH3 is 1. The maximum atomic E-state index is 12.4. The van der Waals surface area contributed by atoms with Gasteiger partial charge in [0.1, 0.15) is 23.9 Å². The summed E-state index contributed by atoms with van der Waals surface area (Å²) in [7, 11) is 1.71. The molecule has 0 aliphatic heterocycles. The van der Waals surface area contributed by atoms with E-state index in [-0.39, 0.29) is 17.6 Å². The summed E-state index contributed by atoms with van der Waals surface area (Å²) >= 11 is 0. The fourth-order valence-electron chi connectivity index (χ4n) is 5.12. The summed E-state index contributed by atoms with van der Waals surface area (Å²) in [6.45, 7) is 12.2. The number of nitrogens with two attached hydrogens (primary N) is 1. The molecule has 3 aromatic rings. The van der Waals surface area contributed by atoms with Crippen molar-refractivity contribution in [3.05, 3.63) is 82.9 Å². The van der Waals surface area contributed by atoms with Crippen LogP contribution in [0.2, 0.25) is 0 Å². The van der Waals surface area contributed by atoms with Crippen molar-refractivity contribution in [2.45, 2.75) is 84.7 Å². The second kappa shape index (κ2) is 12.6. The topological polar surface area (TPSA) is 82.8 Å². The van der Waals surface area contributed by atoms with E-state index >= 15 is 0 Å². The number of fused-ring (bicyclic) bond motifs is 1. The van der Waals surface area contributed by atoms with Gasteiger partial charge in [0.15, 0.2) is 0 Å². The summed E-state index contributed by atoms with van der Waals surface area (Å²) in [5.41, 5.74) is 11.4. The molecule has 0 saturated carbocycles. The van der Waals surface area contributed by atoms with Crippen molar-refractivity contribution in [3.63, 3.8) is 0 Å². The number of nitrogens with one attached hydrogen (secondary N) is 1. The monoisotopic (exact) mass is 558 g/mol. The van der Waals surface area contributed by atoms with Gasteiger partial charge in [-0.2, -0.15) is 0 Å². The lowest BCUT2D eigenvalue weighted by Crippen LogP contribution is -2.38. The summed E-state index contributed by atoms with van der Waals surface area (Å²) in [6.07, 6.45) is 3.79. The SMILES string of the molecule is COc1ccc(C2CCc3cc(OC(=O)C(C)(C)C)ccc3C2)c(NC(C)Cc2ccc(OCC(C)(C)N)cc2)c1. The molecule has 0 fully saturated rings. The molecule has 0 radical (unpaired) electrons. The first-order valence-corrected chi connectivity index (χ1v) is 14.6. The highest BCUT2D eigenvalue weighted by Crippen LogP contribution is 2.39. The molecule has 4 rings (SSSR count). The van der Waals surface area contributed by atoms with Gasteiger partial charge >= 0.3 is 5.97 Å². The fourth-order valence-corrected chi connectivity index (χ4v) is 5.12. The lowest BCUT2D eigenvalue weighted by atomic mass is 9.79. The van der Waals surface area contributed by atoms with Crippen molar-refractivity contribution in [2.75, 3.05) is 19.0 Å². The molecular weight excluding hydrogens is 512 g/mol. The number of anilines is 1. The Bertz CT molecular complexity index is 1340. The highest BCUT2D eigenvalue weighted by molar-refractivity contribution is 5.78. The number of carbonyl (C=O) groups is 1. The van der Waals surface area contributed by atoms with Crippen LogP contribution in [-0.4, -0.2) is 31.3 Å². The molecule has 0 amide bonds. The predicted octanol–water partition coefficient (Wildman–Crippen LogP) is 7.08. The Labute approximate surface area is 245 Å². The van der Waals surface area contributed by atoms with E-state index in [4.69, 9.17) is 19.9 Å². The number of hydrogen-bond acceptors (Lipinski definition) is 6. The zero-order valence-corrected chi connectivity index (χ0v) is 25.7. The van der Waals surface area contributed by atoms with Gasteiger partial charge < -0.3 is 25.3 Å². The zero-order chi connectivity index (χ0) is 29.8. The van der Waals surface area contributed by atoms with Gasteiger partial charge in [0.25, 0.3) is 0 Å². The van der Waals surface area contributed by atoms with E-state index in [0.717, 1.165) is 42.9 Å². The third-order valence-electron chi connectivity index (χ3n) is 7.41. The van der Waals surface area contributed by atoms with Crippen LogP contribution in [-0.2, 0) is 24.1 Å². The molecule has 6 nitrogen and oxygen atoms in total. The summed E-state index contributed by atoms with van der Waals surface area (Å²) in [5, 5.41) is 3.77. The van der Waals surface area contributed by atoms with Gasteiger partial charge in [-0.05, 0) is 126 Å². The molecule has 41 heavy (non-hydrogen) atoms. The van der Waals surface area contributed by atoms with E-state index in [1.807, 2.05) is 58.9 Å². The Hall–Kier alpha value is -3.51. The van der Waals surface area contributed by atoms with E-state index in [0.29, 0.717) is 18.3 Å². The average Bonchev–Trinajstić information content (AvgIpc) is 2.91. The van der Waals surface area contributed by atoms with Gasteiger partial charge in [-0.15, -0.1) is 0 Å². The quantitative estimate of drug-likeness (QED) is 0.204. The molecule has 0 saturated heterocycles. The van der Waals surface area contributed by atoms with Crippen molar-refractivity contribution in [1.82, 2.24) is 0 Å². The number of rotatable bonds is 10. The second-order valence-corrected chi connectivity index (χ2v) is 13.1. The third kappa shape index (κ3) is 8.49. The number of esters is 1. The Morgan fingerprint density at radius 1 is 0.951 bits per heavy atom. The molecule has 220 valence electrons. The second-order valence-electron chi connectivity index (χ2n) is 13.1. The zero-order valence-electron chi connectivity index (χ0n) is 25.7. The van der Waals surface area contributed by atoms with Crippen LogP contribution in [0.4, 0.5) is 5.69 Å². The molecule has 2 atom stereocenters. The van der Waals surface area contributed by atoms with Crippen LogP contribution in [0.3, 0.4) is 0 Å². The number of hydrogen-bond donors (Lipinski definition) is 2. The Kier molecular flexibility index (Phi) is 9.33. The Morgan fingerprint density at radius 2 is 1.63 bits per heavy atom. The van der Waals surface area contributed by atoms with E-state index in [1.165, 1.54) is 22.3 Å². The number of aryl methyl sites for hydroxylation is 1. The lowest BCUT2D eigenvalue weighted by Gasteiger charge is -2.29. The lowest BCUT2D eigenvalue weighted by molar-refractivity contribution is -0.143. The van der Waals surface area contributed by atoms with Gasteiger partial charge in [0, 0.05) is 23.3 Å². The van der Waals surface area contributed by atoms with Crippen LogP contribution < -0.4 is 25.3 Å².